The van der Waals surface area contributed by atoms with Crippen molar-refractivity contribution in [2.75, 3.05) is 16.9 Å². The molecule has 0 spiro atoms. The van der Waals surface area contributed by atoms with Crippen molar-refractivity contribution in [2.45, 2.75) is 5.16 Å². The molecule has 10 heteroatoms. The van der Waals surface area contributed by atoms with Crippen LogP contribution < -0.4 is 11.2 Å². The van der Waals surface area contributed by atoms with Crippen LogP contribution in [0.2, 0.25) is 15.1 Å². The summed E-state index contributed by atoms with van der Waals surface area (Å²) < 4.78 is 1.32. The molecule has 6 nitrogen and oxygen atoms in total. The number of benzene rings is 2. The van der Waals surface area contributed by atoms with E-state index in [2.05, 4.69) is 15.5 Å². The van der Waals surface area contributed by atoms with Gasteiger partial charge in [-0.25, -0.2) is 4.68 Å². The van der Waals surface area contributed by atoms with Gasteiger partial charge in [0, 0.05) is 16.3 Å². The molecule has 3 rings (SSSR count). The van der Waals surface area contributed by atoms with Crippen LogP contribution in [0.4, 0.5) is 5.69 Å². The second-order valence-corrected chi connectivity index (χ2v) is 7.35. The van der Waals surface area contributed by atoms with Crippen LogP contribution in [0, 0.1) is 0 Å². The molecule has 0 saturated heterocycles. The van der Waals surface area contributed by atoms with Gasteiger partial charge in [-0.3, -0.25) is 4.79 Å². The second-order valence-electron chi connectivity index (χ2n) is 5.15. The number of amides is 1. The summed E-state index contributed by atoms with van der Waals surface area (Å²) in [6.45, 7) is 0. The van der Waals surface area contributed by atoms with Gasteiger partial charge in [0.1, 0.15) is 0 Å². The monoisotopic (exact) mass is 427 g/mol. The Labute approximate surface area is 168 Å². The highest BCUT2D eigenvalue weighted by Crippen LogP contribution is 2.26. The highest BCUT2D eigenvalue weighted by molar-refractivity contribution is 7.99. The smallest absolute Gasteiger partial charge is 0.234 e. The van der Waals surface area contributed by atoms with E-state index in [9.17, 15) is 4.79 Å². The molecule has 0 radical (unpaired) electrons. The summed E-state index contributed by atoms with van der Waals surface area (Å²) in [4.78, 5) is 12.1. The van der Waals surface area contributed by atoms with Crippen LogP contribution in [0.15, 0.2) is 47.6 Å². The zero-order valence-electron chi connectivity index (χ0n) is 13.1. The van der Waals surface area contributed by atoms with Crippen molar-refractivity contribution in [3.8, 4) is 11.4 Å². The Kier molecular flexibility index (Phi) is 5.93. The van der Waals surface area contributed by atoms with Gasteiger partial charge in [-0.05, 0) is 30.3 Å². The number of carbonyl (C=O) groups is 1. The van der Waals surface area contributed by atoms with Crippen molar-refractivity contribution in [1.29, 1.82) is 0 Å². The minimum Gasteiger partial charge on any atom is -0.335 e. The molecule has 2 aromatic carbocycles. The number of nitrogens with zero attached hydrogens (tertiary/aromatic N) is 3. The van der Waals surface area contributed by atoms with Crippen LogP contribution in [0.25, 0.3) is 11.4 Å². The minimum atomic E-state index is -0.235. The number of halogens is 3. The fourth-order valence-electron chi connectivity index (χ4n) is 2.10. The van der Waals surface area contributed by atoms with Crippen molar-refractivity contribution in [2.24, 2.45) is 0 Å². The number of nitrogens with two attached hydrogens (primary N) is 1. The topological polar surface area (TPSA) is 85.8 Å². The predicted molar refractivity (Wildman–Crippen MR) is 106 cm³/mol. The minimum absolute atomic E-state index is 0.102. The summed E-state index contributed by atoms with van der Waals surface area (Å²) in [5.41, 5.74) is 1.29. The Morgan fingerprint density at radius 1 is 1.12 bits per heavy atom. The maximum absolute atomic E-state index is 12.1. The van der Waals surface area contributed by atoms with Gasteiger partial charge in [-0.15, -0.1) is 10.2 Å². The number of hydrogen-bond acceptors (Lipinski definition) is 5. The largest absolute Gasteiger partial charge is 0.335 e. The zero-order chi connectivity index (χ0) is 18.7. The Morgan fingerprint density at radius 3 is 2.65 bits per heavy atom. The molecule has 0 fully saturated rings. The number of thioether (sulfide) groups is 1. The molecule has 3 aromatic rings. The average molecular weight is 429 g/mol. The van der Waals surface area contributed by atoms with E-state index >= 15 is 0 Å². The standard InChI is InChI=1S/C16H12Cl3N5OS/c17-10-3-1-2-9(6-10)15-22-23-16(24(15)20)26-8-14(25)21-11-4-5-12(18)13(19)7-11/h1-7H,8,20H2,(H,21,25). The Morgan fingerprint density at radius 2 is 1.92 bits per heavy atom. The molecule has 1 amide bonds. The van der Waals surface area contributed by atoms with E-state index in [0.29, 0.717) is 31.7 Å². The van der Waals surface area contributed by atoms with E-state index < -0.39 is 0 Å². The summed E-state index contributed by atoms with van der Waals surface area (Å²) in [7, 11) is 0. The molecule has 0 aliphatic rings. The molecule has 134 valence electrons. The molecule has 26 heavy (non-hydrogen) atoms. The third-order valence-corrected chi connectivity index (χ3v) is 5.20. The number of carbonyl (C=O) groups excluding carboxylic acids is 1. The average Bonchev–Trinajstić information content (AvgIpc) is 2.97. The molecular weight excluding hydrogens is 417 g/mol. The van der Waals surface area contributed by atoms with Crippen molar-refractivity contribution in [1.82, 2.24) is 14.9 Å². The first kappa shape index (κ1) is 18.8. The van der Waals surface area contributed by atoms with Crippen LogP contribution in [0.5, 0.6) is 0 Å². The van der Waals surface area contributed by atoms with Crippen LogP contribution >= 0.6 is 46.6 Å². The first-order chi connectivity index (χ1) is 12.4. The number of anilines is 1. The molecule has 0 bridgehead atoms. The lowest BCUT2D eigenvalue weighted by molar-refractivity contribution is -0.113. The number of aromatic nitrogens is 3. The van der Waals surface area contributed by atoms with Gasteiger partial charge in [-0.1, -0.05) is 58.7 Å². The lowest BCUT2D eigenvalue weighted by atomic mass is 10.2. The lowest BCUT2D eigenvalue weighted by Crippen LogP contribution is -2.16. The van der Waals surface area contributed by atoms with Crippen molar-refractivity contribution in [3.05, 3.63) is 57.5 Å². The molecule has 1 heterocycles. The van der Waals surface area contributed by atoms with E-state index in [4.69, 9.17) is 40.6 Å². The van der Waals surface area contributed by atoms with Crippen LogP contribution in [-0.4, -0.2) is 26.5 Å². The number of hydrogen-bond donors (Lipinski definition) is 2. The third kappa shape index (κ3) is 4.42. The third-order valence-electron chi connectivity index (χ3n) is 3.28. The highest BCUT2D eigenvalue weighted by atomic mass is 35.5. The summed E-state index contributed by atoms with van der Waals surface area (Å²) in [5, 5.41) is 12.6. The van der Waals surface area contributed by atoms with E-state index in [1.54, 1.807) is 36.4 Å². The van der Waals surface area contributed by atoms with Gasteiger partial charge in [0.25, 0.3) is 0 Å². The Bertz CT molecular complexity index is 963. The number of nitrogens with one attached hydrogen (secondary N) is 1. The summed E-state index contributed by atoms with van der Waals surface area (Å²) in [5.74, 6) is 6.35. The van der Waals surface area contributed by atoms with E-state index in [1.165, 1.54) is 4.68 Å². The van der Waals surface area contributed by atoms with Crippen molar-refractivity contribution in [3.63, 3.8) is 0 Å². The summed E-state index contributed by atoms with van der Waals surface area (Å²) in [6.07, 6.45) is 0. The molecule has 1 aromatic heterocycles. The molecule has 3 N–H and O–H groups in total. The SMILES string of the molecule is Nn1c(SCC(=O)Nc2ccc(Cl)c(Cl)c2)nnc1-c1cccc(Cl)c1. The van der Waals surface area contributed by atoms with E-state index in [1.807, 2.05) is 6.07 Å². The Balaban J connectivity index is 1.64. The van der Waals surface area contributed by atoms with Crippen LogP contribution in [0.3, 0.4) is 0 Å². The van der Waals surface area contributed by atoms with Gasteiger partial charge in [0.05, 0.1) is 15.8 Å². The maximum atomic E-state index is 12.1. The van der Waals surface area contributed by atoms with Gasteiger partial charge >= 0.3 is 0 Å². The summed E-state index contributed by atoms with van der Waals surface area (Å²) >= 11 is 18.9. The highest BCUT2D eigenvalue weighted by Gasteiger charge is 2.14. The second kappa shape index (κ2) is 8.18. The normalized spacial score (nSPS) is 10.7. The fraction of sp³-hybridized carbons (Fsp3) is 0.0625. The predicted octanol–water partition coefficient (Wildman–Crippen LogP) is 4.35. The van der Waals surface area contributed by atoms with Crippen molar-refractivity contribution < 1.29 is 4.79 Å². The Hall–Kier alpha value is -1.93. The quantitative estimate of drug-likeness (QED) is 0.466. The van der Waals surface area contributed by atoms with Gasteiger partial charge < -0.3 is 11.2 Å². The molecule has 0 aliphatic carbocycles. The number of rotatable bonds is 5. The molecule has 0 atom stereocenters. The van der Waals surface area contributed by atoms with Gasteiger partial charge in [0.2, 0.25) is 11.1 Å². The van der Waals surface area contributed by atoms with E-state index in [-0.39, 0.29) is 11.7 Å². The summed E-state index contributed by atoms with van der Waals surface area (Å²) in [6, 6.07) is 12.0. The van der Waals surface area contributed by atoms with Crippen LogP contribution in [-0.2, 0) is 4.79 Å². The first-order valence-electron chi connectivity index (χ1n) is 7.28. The molecular formula is C16H12Cl3N5OS. The molecule has 0 aliphatic heterocycles. The fourth-order valence-corrected chi connectivity index (χ4v) is 3.25. The number of nitrogen functional groups attached to an aromatic ring is 1. The zero-order valence-corrected chi connectivity index (χ0v) is 16.2. The molecule has 0 unspecified atom stereocenters. The van der Waals surface area contributed by atoms with Crippen molar-refractivity contribution >= 4 is 58.2 Å². The lowest BCUT2D eigenvalue weighted by Gasteiger charge is -2.06. The van der Waals surface area contributed by atoms with Crippen LogP contribution in [0.1, 0.15) is 0 Å². The van der Waals surface area contributed by atoms with Gasteiger partial charge in [0.15, 0.2) is 5.82 Å². The maximum Gasteiger partial charge on any atom is 0.234 e. The molecule has 0 saturated carbocycles. The van der Waals surface area contributed by atoms with E-state index in [0.717, 1.165) is 17.3 Å². The van der Waals surface area contributed by atoms with Gasteiger partial charge in [-0.2, -0.15) is 0 Å². The first-order valence-corrected chi connectivity index (χ1v) is 9.40.